The fourth-order valence-corrected chi connectivity index (χ4v) is 2.04. The third kappa shape index (κ3) is 5.47. The molecule has 1 rings (SSSR count). The molecule has 0 saturated carbocycles. The maximum absolute atomic E-state index is 11.1. The Morgan fingerprint density at radius 2 is 2.14 bits per heavy atom. The third-order valence-corrected chi connectivity index (χ3v) is 3.65. The second-order valence-electron chi connectivity index (χ2n) is 4.28. The maximum Gasteiger partial charge on any atom is 0.307 e. The van der Waals surface area contributed by atoms with Crippen LogP contribution in [0, 0.1) is 0 Å². The van der Waals surface area contributed by atoms with E-state index >= 15 is 0 Å². The normalized spacial score (nSPS) is 11.4. The van der Waals surface area contributed by atoms with Gasteiger partial charge in [-0.05, 0) is 13.0 Å². The first kappa shape index (κ1) is 17.7. The monoisotopic (exact) mass is 334 g/mol. The summed E-state index contributed by atoms with van der Waals surface area (Å²) in [7, 11) is 3.20. The average Bonchev–Trinajstić information content (AvgIpc) is 2.71. The van der Waals surface area contributed by atoms with Gasteiger partial charge in [-0.1, -0.05) is 23.2 Å². The number of hydrogen-bond donors (Lipinski definition) is 2. The summed E-state index contributed by atoms with van der Waals surface area (Å²) < 4.78 is 6.36. The molecule has 1 aromatic rings. The Labute approximate surface area is 134 Å². The van der Waals surface area contributed by atoms with E-state index in [1.165, 1.54) is 7.11 Å². The predicted octanol–water partition coefficient (Wildman–Crippen LogP) is 1.95. The van der Waals surface area contributed by atoms with Gasteiger partial charge in [0.1, 0.15) is 5.15 Å². The van der Waals surface area contributed by atoms with Crippen LogP contribution in [-0.4, -0.2) is 36.7 Å². The standard InChI is InChI=1S/C13H20Cl2N4O2/c1-4-16-13(17-6-5-11(20)21-3)18-8-9-7-10(14)12(15)19(9)2/h7H,4-6,8H2,1-3H3,(H2,16,17,18). The number of hydrogen-bond acceptors (Lipinski definition) is 3. The van der Waals surface area contributed by atoms with Gasteiger partial charge >= 0.3 is 5.97 Å². The number of esters is 1. The molecule has 0 bridgehead atoms. The predicted molar refractivity (Wildman–Crippen MR) is 84.9 cm³/mol. The highest BCUT2D eigenvalue weighted by Crippen LogP contribution is 2.25. The molecule has 118 valence electrons. The van der Waals surface area contributed by atoms with Crippen LogP contribution in [0.25, 0.3) is 0 Å². The van der Waals surface area contributed by atoms with Crippen molar-refractivity contribution in [2.45, 2.75) is 19.9 Å². The van der Waals surface area contributed by atoms with Gasteiger partial charge in [-0.15, -0.1) is 0 Å². The number of nitrogens with zero attached hydrogens (tertiary/aromatic N) is 2. The average molecular weight is 335 g/mol. The molecule has 6 nitrogen and oxygen atoms in total. The van der Waals surface area contributed by atoms with Crippen molar-refractivity contribution in [1.29, 1.82) is 0 Å². The molecule has 8 heteroatoms. The summed E-state index contributed by atoms with van der Waals surface area (Å²) in [6.45, 7) is 3.57. The molecule has 21 heavy (non-hydrogen) atoms. The van der Waals surface area contributed by atoms with E-state index in [-0.39, 0.29) is 12.4 Å². The summed E-state index contributed by atoms with van der Waals surface area (Å²) in [6, 6.07) is 1.78. The van der Waals surface area contributed by atoms with Crippen LogP contribution >= 0.6 is 23.2 Å². The highest BCUT2D eigenvalue weighted by molar-refractivity contribution is 6.41. The lowest BCUT2D eigenvalue weighted by molar-refractivity contribution is -0.140. The number of nitrogens with one attached hydrogen (secondary N) is 2. The van der Waals surface area contributed by atoms with E-state index in [2.05, 4.69) is 20.4 Å². The number of methoxy groups -OCH3 is 1. The van der Waals surface area contributed by atoms with E-state index in [1.807, 2.05) is 14.0 Å². The van der Waals surface area contributed by atoms with Gasteiger partial charge in [-0.3, -0.25) is 4.79 Å². The molecule has 0 unspecified atom stereocenters. The number of aliphatic imine (C=N–C) groups is 1. The van der Waals surface area contributed by atoms with Gasteiger partial charge in [0, 0.05) is 25.8 Å². The highest BCUT2D eigenvalue weighted by atomic mass is 35.5. The van der Waals surface area contributed by atoms with Crippen molar-refractivity contribution in [3.05, 3.63) is 21.9 Å². The molecule has 2 N–H and O–H groups in total. The maximum atomic E-state index is 11.1. The number of carbonyl (C=O) groups is 1. The smallest absolute Gasteiger partial charge is 0.307 e. The fraction of sp³-hybridized carbons (Fsp3) is 0.538. The molecule has 0 amide bonds. The summed E-state index contributed by atoms with van der Waals surface area (Å²) in [4.78, 5) is 15.5. The van der Waals surface area contributed by atoms with E-state index in [0.29, 0.717) is 29.2 Å². The van der Waals surface area contributed by atoms with Crippen LogP contribution in [0.2, 0.25) is 10.2 Å². The van der Waals surface area contributed by atoms with E-state index in [0.717, 1.165) is 12.2 Å². The van der Waals surface area contributed by atoms with Crippen LogP contribution < -0.4 is 10.6 Å². The zero-order valence-corrected chi connectivity index (χ0v) is 13.9. The second-order valence-corrected chi connectivity index (χ2v) is 5.05. The Kier molecular flexibility index (Phi) is 7.39. The van der Waals surface area contributed by atoms with Crippen molar-refractivity contribution in [1.82, 2.24) is 15.2 Å². The van der Waals surface area contributed by atoms with Crippen LogP contribution in [0.4, 0.5) is 0 Å². The van der Waals surface area contributed by atoms with Crippen LogP contribution in [0.1, 0.15) is 19.0 Å². The minimum Gasteiger partial charge on any atom is -0.469 e. The van der Waals surface area contributed by atoms with Crippen molar-refractivity contribution in [2.24, 2.45) is 12.0 Å². The first-order chi connectivity index (χ1) is 9.99. The topological polar surface area (TPSA) is 67.7 Å². The van der Waals surface area contributed by atoms with Gasteiger partial charge < -0.3 is 19.9 Å². The molecule has 0 aliphatic rings. The summed E-state index contributed by atoms with van der Waals surface area (Å²) in [5.41, 5.74) is 0.898. The minimum atomic E-state index is -0.264. The van der Waals surface area contributed by atoms with Crippen LogP contribution in [0.3, 0.4) is 0 Å². The molecular formula is C13H20Cl2N4O2. The molecule has 0 radical (unpaired) electrons. The van der Waals surface area contributed by atoms with Crippen LogP contribution in [0.15, 0.2) is 11.1 Å². The lowest BCUT2D eigenvalue weighted by Crippen LogP contribution is -2.38. The molecule has 0 saturated heterocycles. The van der Waals surface area contributed by atoms with Crippen LogP contribution in [-0.2, 0) is 23.1 Å². The third-order valence-electron chi connectivity index (χ3n) is 2.81. The molecule has 0 atom stereocenters. The lowest BCUT2D eigenvalue weighted by atomic mass is 10.4. The Bertz CT molecular complexity index is 515. The first-order valence-corrected chi connectivity index (χ1v) is 7.33. The van der Waals surface area contributed by atoms with Gasteiger partial charge in [0.25, 0.3) is 0 Å². The van der Waals surface area contributed by atoms with E-state index in [4.69, 9.17) is 23.2 Å². The fourth-order valence-electron chi connectivity index (χ4n) is 1.63. The second kappa shape index (κ2) is 8.79. The number of guanidine groups is 1. The van der Waals surface area contributed by atoms with Gasteiger partial charge in [0.15, 0.2) is 5.96 Å². The van der Waals surface area contributed by atoms with Crippen molar-refractivity contribution in [3.8, 4) is 0 Å². The van der Waals surface area contributed by atoms with Crippen molar-refractivity contribution in [2.75, 3.05) is 20.2 Å². The Hall–Kier alpha value is -1.40. The zero-order chi connectivity index (χ0) is 15.8. The molecule has 1 aromatic heterocycles. The van der Waals surface area contributed by atoms with Crippen molar-refractivity contribution in [3.63, 3.8) is 0 Å². The molecule has 1 heterocycles. The molecule has 0 aliphatic carbocycles. The quantitative estimate of drug-likeness (QED) is 0.474. The summed E-state index contributed by atoms with van der Waals surface area (Å²) in [5, 5.41) is 7.16. The Balaban J connectivity index is 2.62. The van der Waals surface area contributed by atoms with Gasteiger partial charge in [-0.25, -0.2) is 4.99 Å². The molecular weight excluding hydrogens is 315 g/mol. The van der Waals surface area contributed by atoms with E-state index in [1.54, 1.807) is 10.6 Å². The van der Waals surface area contributed by atoms with E-state index < -0.39 is 0 Å². The number of ether oxygens (including phenoxy) is 1. The van der Waals surface area contributed by atoms with Crippen molar-refractivity contribution < 1.29 is 9.53 Å². The number of halogens is 2. The zero-order valence-electron chi connectivity index (χ0n) is 12.4. The SMILES string of the molecule is CCNC(=NCc1cc(Cl)c(Cl)n1C)NCCC(=O)OC. The first-order valence-electron chi connectivity index (χ1n) is 6.58. The summed E-state index contributed by atoms with van der Waals surface area (Å²) >= 11 is 12.0. The Morgan fingerprint density at radius 1 is 1.43 bits per heavy atom. The van der Waals surface area contributed by atoms with Gasteiger partial charge in [0.05, 0.1) is 25.1 Å². The Morgan fingerprint density at radius 3 is 2.67 bits per heavy atom. The number of aromatic nitrogens is 1. The lowest BCUT2D eigenvalue weighted by Gasteiger charge is -2.11. The van der Waals surface area contributed by atoms with Gasteiger partial charge in [-0.2, -0.15) is 0 Å². The molecule has 0 aromatic carbocycles. The van der Waals surface area contributed by atoms with E-state index in [9.17, 15) is 4.79 Å². The van der Waals surface area contributed by atoms with Crippen LogP contribution in [0.5, 0.6) is 0 Å². The largest absolute Gasteiger partial charge is 0.469 e. The summed E-state index contributed by atoms with van der Waals surface area (Å²) in [6.07, 6.45) is 0.280. The molecule has 0 aliphatic heterocycles. The molecule has 0 spiro atoms. The van der Waals surface area contributed by atoms with Crippen molar-refractivity contribution >= 4 is 35.1 Å². The highest BCUT2D eigenvalue weighted by Gasteiger charge is 2.08. The molecule has 0 fully saturated rings. The number of carbonyl (C=O) groups excluding carboxylic acids is 1. The summed E-state index contributed by atoms with van der Waals surface area (Å²) in [5.74, 6) is 0.356. The number of rotatable bonds is 6. The minimum absolute atomic E-state index is 0.264. The van der Waals surface area contributed by atoms with Gasteiger partial charge in [0.2, 0.25) is 0 Å².